The smallest absolute Gasteiger partial charge is 0.159 e. The summed E-state index contributed by atoms with van der Waals surface area (Å²) in [6.07, 6.45) is 2.40. The van der Waals surface area contributed by atoms with Crippen LogP contribution in [-0.4, -0.2) is 26.3 Å². The highest BCUT2D eigenvalue weighted by Crippen LogP contribution is 2.38. The first-order valence-corrected chi connectivity index (χ1v) is 6.84. The molecule has 0 aliphatic heterocycles. The molecule has 0 amide bonds. The first-order valence-electron chi connectivity index (χ1n) is 6.84. The molecule has 0 radical (unpaired) electrons. The van der Waals surface area contributed by atoms with E-state index in [4.69, 9.17) is 0 Å². The molecule has 1 fully saturated rings. The lowest BCUT2D eigenvalue weighted by atomic mass is 10.3. The van der Waals surface area contributed by atoms with Gasteiger partial charge in [0.05, 0.1) is 5.69 Å². The summed E-state index contributed by atoms with van der Waals surface area (Å²) >= 11 is 0. The van der Waals surface area contributed by atoms with Gasteiger partial charge in [0.15, 0.2) is 5.82 Å². The maximum Gasteiger partial charge on any atom is 0.159 e. The summed E-state index contributed by atoms with van der Waals surface area (Å²) in [6.45, 7) is 6.98. The third-order valence-corrected chi connectivity index (χ3v) is 3.26. The molecule has 3 rings (SSSR count). The second-order valence-electron chi connectivity index (χ2n) is 5.11. The minimum Gasteiger partial charge on any atom is -0.370 e. The van der Waals surface area contributed by atoms with Gasteiger partial charge in [-0.2, -0.15) is 5.10 Å². The van der Waals surface area contributed by atoms with Crippen molar-refractivity contribution in [1.29, 1.82) is 0 Å². The van der Waals surface area contributed by atoms with Crippen LogP contribution < -0.4 is 5.32 Å². The predicted octanol–water partition coefficient (Wildman–Crippen LogP) is 2.59. The maximum atomic E-state index is 4.67. The van der Waals surface area contributed by atoms with Gasteiger partial charge in [-0.3, -0.25) is 0 Å². The van der Waals surface area contributed by atoms with Gasteiger partial charge in [0.1, 0.15) is 11.6 Å². The van der Waals surface area contributed by atoms with Gasteiger partial charge in [0.25, 0.3) is 0 Å². The molecule has 1 aliphatic rings. The van der Waals surface area contributed by atoms with Gasteiger partial charge in [0, 0.05) is 24.2 Å². The van der Waals surface area contributed by atoms with Crippen molar-refractivity contribution in [2.45, 2.75) is 39.5 Å². The Labute approximate surface area is 113 Å². The number of rotatable bonds is 4. The molecule has 5 nitrogen and oxygen atoms in total. The molecule has 19 heavy (non-hydrogen) atoms. The van der Waals surface area contributed by atoms with Crippen LogP contribution in [0, 0.1) is 13.8 Å². The first-order chi connectivity index (χ1) is 9.17. The molecular formula is C14H19N5. The highest BCUT2D eigenvalue weighted by molar-refractivity contribution is 5.43. The van der Waals surface area contributed by atoms with Crippen LogP contribution in [0.15, 0.2) is 12.1 Å². The van der Waals surface area contributed by atoms with Crippen LogP contribution in [0.3, 0.4) is 0 Å². The molecule has 5 heteroatoms. The van der Waals surface area contributed by atoms with Crippen LogP contribution in [-0.2, 0) is 0 Å². The van der Waals surface area contributed by atoms with Crippen molar-refractivity contribution in [3.05, 3.63) is 29.3 Å². The molecule has 0 bridgehead atoms. The summed E-state index contributed by atoms with van der Waals surface area (Å²) < 4.78 is 1.89. The molecule has 2 heterocycles. The summed E-state index contributed by atoms with van der Waals surface area (Å²) in [6, 6.07) is 4.03. The number of nitrogens with zero attached hydrogens (tertiary/aromatic N) is 4. The van der Waals surface area contributed by atoms with Crippen molar-refractivity contribution in [1.82, 2.24) is 19.7 Å². The van der Waals surface area contributed by atoms with Gasteiger partial charge < -0.3 is 5.32 Å². The van der Waals surface area contributed by atoms with Gasteiger partial charge >= 0.3 is 0 Å². The molecule has 2 aromatic rings. The standard InChI is InChI=1S/C14H19N5/c1-4-15-12-8-13(17-14(16-12)11-5-6-11)19-10(3)7-9(2)18-19/h7-8,11H,4-6H2,1-3H3,(H,15,16,17). The molecule has 0 aromatic carbocycles. The van der Waals surface area contributed by atoms with Crippen molar-refractivity contribution < 1.29 is 0 Å². The molecule has 0 saturated heterocycles. The summed E-state index contributed by atoms with van der Waals surface area (Å²) in [7, 11) is 0. The third kappa shape index (κ3) is 2.45. The van der Waals surface area contributed by atoms with E-state index >= 15 is 0 Å². The number of anilines is 1. The van der Waals surface area contributed by atoms with Crippen LogP contribution in [0.25, 0.3) is 5.82 Å². The molecule has 1 N–H and O–H groups in total. The second-order valence-corrected chi connectivity index (χ2v) is 5.11. The highest BCUT2D eigenvalue weighted by atomic mass is 15.3. The van der Waals surface area contributed by atoms with Crippen molar-refractivity contribution in [3.63, 3.8) is 0 Å². The Morgan fingerprint density at radius 2 is 2.05 bits per heavy atom. The number of aryl methyl sites for hydroxylation is 2. The lowest BCUT2D eigenvalue weighted by Crippen LogP contribution is -2.09. The first kappa shape index (κ1) is 12.1. The zero-order chi connectivity index (χ0) is 13.4. The molecule has 1 saturated carbocycles. The van der Waals surface area contributed by atoms with E-state index in [1.165, 1.54) is 12.8 Å². The Morgan fingerprint density at radius 1 is 1.26 bits per heavy atom. The van der Waals surface area contributed by atoms with Gasteiger partial charge in [-0.15, -0.1) is 0 Å². The zero-order valence-corrected chi connectivity index (χ0v) is 11.6. The lowest BCUT2D eigenvalue weighted by Gasteiger charge is -2.09. The fourth-order valence-electron chi connectivity index (χ4n) is 2.22. The van der Waals surface area contributed by atoms with Crippen molar-refractivity contribution >= 4 is 5.82 Å². The summed E-state index contributed by atoms with van der Waals surface area (Å²) in [5, 5.41) is 7.78. The van der Waals surface area contributed by atoms with Crippen molar-refractivity contribution in [2.24, 2.45) is 0 Å². The number of hydrogen-bond donors (Lipinski definition) is 1. The Balaban J connectivity index is 2.06. The van der Waals surface area contributed by atoms with E-state index in [9.17, 15) is 0 Å². The van der Waals surface area contributed by atoms with Crippen LogP contribution in [0.5, 0.6) is 0 Å². The summed E-state index contributed by atoms with van der Waals surface area (Å²) in [5.74, 6) is 3.23. The third-order valence-electron chi connectivity index (χ3n) is 3.26. The summed E-state index contributed by atoms with van der Waals surface area (Å²) in [4.78, 5) is 9.26. The molecular weight excluding hydrogens is 238 g/mol. The quantitative estimate of drug-likeness (QED) is 0.914. The van der Waals surface area contributed by atoms with Crippen molar-refractivity contribution in [3.8, 4) is 5.82 Å². The van der Waals surface area contributed by atoms with E-state index < -0.39 is 0 Å². The van der Waals surface area contributed by atoms with Crippen LogP contribution in [0.2, 0.25) is 0 Å². The van der Waals surface area contributed by atoms with E-state index in [0.29, 0.717) is 5.92 Å². The average Bonchev–Trinajstić information content (AvgIpc) is 3.15. The lowest BCUT2D eigenvalue weighted by molar-refractivity contribution is 0.781. The minimum atomic E-state index is 0.536. The molecule has 0 atom stereocenters. The van der Waals surface area contributed by atoms with Gasteiger partial charge in [0.2, 0.25) is 0 Å². The monoisotopic (exact) mass is 257 g/mol. The SMILES string of the molecule is CCNc1cc(-n2nc(C)cc2C)nc(C2CC2)n1. The summed E-state index contributed by atoms with van der Waals surface area (Å²) in [5.41, 5.74) is 2.11. The van der Waals surface area contributed by atoms with E-state index in [1.54, 1.807) is 0 Å². The molecule has 0 unspecified atom stereocenters. The van der Waals surface area contributed by atoms with E-state index in [-0.39, 0.29) is 0 Å². The van der Waals surface area contributed by atoms with E-state index in [0.717, 1.165) is 35.4 Å². The minimum absolute atomic E-state index is 0.536. The van der Waals surface area contributed by atoms with Crippen LogP contribution in [0.1, 0.15) is 42.9 Å². The number of hydrogen-bond acceptors (Lipinski definition) is 4. The second kappa shape index (κ2) is 4.64. The largest absolute Gasteiger partial charge is 0.370 e. The molecule has 100 valence electrons. The van der Waals surface area contributed by atoms with E-state index in [1.807, 2.05) is 24.6 Å². The average molecular weight is 257 g/mol. The Bertz CT molecular complexity index is 598. The predicted molar refractivity (Wildman–Crippen MR) is 74.8 cm³/mol. The molecule has 0 spiro atoms. The van der Waals surface area contributed by atoms with Crippen LogP contribution >= 0.6 is 0 Å². The van der Waals surface area contributed by atoms with Crippen LogP contribution in [0.4, 0.5) is 5.82 Å². The van der Waals surface area contributed by atoms with Gasteiger partial charge in [-0.25, -0.2) is 14.6 Å². The fourth-order valence-corrected chi connectivity index (χ4v) is 2.22. The van der Waals surface area contributed by atoms with E-state index in [2.05, 4.69) is 33.4 Å². The highest BCUT2D eigenvalue weighted by Gasteiger charge is 2.27. The number of nitrogens with one attached hydrogen (secondary N) is 1. The van der Waals surface area contributed by atoms with Crippen molar-refractivity contribution in [2.75, 3.05) is 11.9 Å². The Hall–Kier alpha value is -1.91. The zero-order valence-electron chi connectivity index (χ0n) is 11.6. The molecule has 2 aromatic heterocycles. The molecule has 1 aliphatic carbocycles. The maximum absolute atomic E-state index is 4.67. The van der Waals surface area contributed by atoms with Gasteiger partial charge in [-0.05, 0) is 39.7 Å². The Kier molecular flexibility index (Phi) is 2.97. The number of aromatic nitrogens is 4. The Morgan fingerprint density at radius 3 is 2.63 bits per heavy atom. The fraction of sp³-hybridized carbons (Fsp3) is 0.500. The topological polar surface area (TPSA) is 55.6 Å². The van der Waals surface area contributed by atoms with Gasteiger partial charge in [-0.1, -0.05) is 0 Å². The normalized spacial score (nSPS) is 14.7.